The van der Waals surface area contributed by atoms with Crippen molar-refractivity contribution >= 4 is 35.4 Å². The summed E-state index contributed by atoms with van der Waals surface area (Å²) in [5.74, 6) is -4.01. The van der Waals surface area contributed by atoms with Crippen molar-refractivity contribution in [3.05, 3.63) is 82.9 Å². The van der Waals surface area contributed by atoms with E-state index in [1.54, 1.807) is 6.92 Å². The molecule has 178 valence electrons. The Morgan fingerprint density at radius 3 is 2.41 bits per heavy atom. The number of anilines is 2. The van der Waals surface area contributed by atoms with Crippen LogP contribution in [0, 0.1) is 23.3 Å². The second-order valence-corrected chi connectivity index (χ2v) is 7.89. The first kappa shape index (κ1) is 25.0. The van der Waals surface area contributed by atoms with Crippen molar-refractivity contribution < 1.29 is 27.2 Å². The standard InChI is InChI=1S/C24H20ClF4N3O2/c1-14(30-24(34)31-20-8-6-15(25)12-19(20)27)10-11-32(13-33)21-9-7-17(22(28)23(21)29)16-4-2-3-5-18(16)26/h2-9,12-14H,10-11H2,1H3,(H2,30,31,34). The van der Waals surface area contributed by atoms with Crippen molar-refractivity contribution in [1.29, 1.82) is 0 Å². The third-order valence-electron chi connectivity index (χ3n) is 5.02. The van der Waals surface area contributed by atoms with E-state index in [-0.39, 0.29) is 40.5 Å². The van der Waals surface area contributed by atoms with E-state index in [4.69, 9.17) is 11.6 Å². The maximum absolute atomic E-state index is 14.7. The Morgan fingerprint density at radius 1 is 1.00 bits per heavy atom. The highest BCUT2D eigenvalue weighted by Gasteiger charge is 2.21. The second-order valence-electron chi connectivity index (χ2n) is 7.45. The van der Waals surface area contributed by atoms with Crippen LogP contribution in [-0.4, -0.2) is 25.0 Å². The summed E-state index contributed by atoms with van der Waals surface area (Å²) in [6, 6.07) is 10.3. The molecule has 0 saturated heterocycles. The Balaban J connectivity index is 1.64. The first-order valence-electron chi connectivity index (χ1n) is 10.2. The third-order valence-corrected chi connectivity index (χ3v) is 5.26. The molecule has 3 aromatic carbocycles. The lowest BCUT2D eigenvalue weighted by Gasteiger charge is -2.22. The lowest BCUT2D eigenvalue weighted by molar-refractivity contribution is -0.107. The van der Waals surface area contributed by atoms with Crippen molar-refractivity contribution in [1.82, 2.24) is 5.32 Å². The largest absolute Gasteiger partial charge is 0.335 e. The van der Waals surface area contributed by atoms with E-state index in [0.29, 0.717) is 6.41 Å². The van der Waals surface area contributed by atoms with Gasteiger partial charge in [-0.15, -0.1) is 0 Å². The summed E-state index contributed by atoms with van der Waals surface area (Å²) in [5.41, 5.74) is -0.779. The number of nitrogens with zero attached hydrogens (tertiary/aromatic N) is 1. The number of amides is 3. The molecule has 0 aromatic heterocycles. The average Bonchev–Trinajstić information content (AvgIpc) is 2.79. The molecule has 0 bridgehead atoms. The monoisotopic (exact) mass is 493 g/mol. The summed E-state index contributed by atoms with van der Waals surface area (Å²) in [7, 11) is 0. The summed E-state index contributed by atoms with van der Waals surface area (Å²) in [4.78, 5) is 24.6. The zero-order valence-electron chi connectivity index (χ0n) is 17.9. The van der Waals surface area contributed by atoms with Gasteiger partial charge in [0.15, 0.2) is 11.6 Å². The van der Waals surface area contributed by atoms with E-state index in [1.807, 2.05) is 0 Å². The van der Waals surface area contributed by atoms with Crippen LogP contribution in [0.25, 0.3) is 11.1 Å². The number of carbonyl (C=O) groups excluding carboxylic acids is 2. The van der Waals surface area contributed by atoms with Crippen LogP contribution in [0.4, 0.5) is 33.7 Å². The molecule has 3 amide bonds. The van der Waals surface area contributed by atoms with Crippen molar-refractivity contribution in [2.75, 3.05) is 16.8 Å². The van der Waals surface area contributed by atoms with Crippen LogP contribution in [0.1, 0.15) is 13.3 Å². The molecular weight excluding hydrogens is 474 g/mol. The fourth-order valence-corrected chi connectivity index (χ4v) is 3.42. The number of hydrogen-bond acceptors (Lipinski definition) is 2. The van der Waals surface area contributed by atoms with Gasteiger partial charge in [-0.25, -0.2) is 22.4 Å². The van der Waals surface area contributed by atoms with Crippen molar-refractivity contribution in [2.24, 2.45) is 0 Å². The SMILES string of the molecule is CC(CCN(C=O)c1ccc(-c2ccccc2F)c(F)c1F)NC(=O)Nc1ccc(Cl)cc1F. The molecule has 2 N–H and O–H groups in total. The fraction of sp³-hybridized carbons (Fsp3) is 0.167. The lowest BCUT2D eigenvalue weighted by atomic mass is 10.0. The average molecular weight is 494 g/mol. The summed E-state index contributed by atoms with van der Waals surface area (Å²) in [5, 5.41) is 5.08. The molecule has 3 rings (SSSR count). The molecule has 3 aromatic rings. The Hall–Kier alpha value is -3.59. The van der Waals surface area contributed by atoms with Crippen molar-refractivity contribution in [3.8, 4) is 11.1 Å². The van der Waals surface area contributed by atoms with Gasteiger partial charge >= 0.3 is 6.03 Å². The first-order valence-corrected chi connectivity index (χ1v) is 10.6. The molecule has 0 saturated carbocycles. The third kappa shape index (κ3) is 5.85. The zero-order valence-corrected chi connectivity index (χ0v) is 18.7. The topological polar surface area (TPSA) is 61.4 Å². The number of carbonyl (C=O) groups is 2. The Bertz CT molecular complexity index is 1210. The lowest BCUT2D eigenvalue weighted by Crippen LogP contribution is -2.38. The molecule has 0 spiro atoms. The minimum Gasteiger partial charge on any atom is -0.335 e. The molecule has 1 unspecified atom stereocenters. The van der Waals surface area contributed by atoms with Crippen LogP contribution in [0.3, 0.4) is 0 Å². The van der Waals surface area contributed by atoms with Crippen LogP contribution in [0.15, 0.2) is 54.6 Å². The van der Waals surface area contributed by atoms with Crippen LogP contribution in [0.5, 0.6) is 0 Å². The second kappa shape index (κ2) is 11.0. The molecule has 5 nitrogen and oxygen atoms in total. The molecule has 0 fully saturated rings. The predicted molar refractivity (Wildman–Crippen MR) is 123 cm³/mol. The predicted octanol–water partition coefficient (Wildman–Crippen LogP) is 6.13. The summed E-state index contributed by atoms with van der Waals surface area (Å²) in [6.45, 7) is 1.56. The maximum Gasteiger partial charge on any atom is 0.319 e. The van der Waals surface area contributed by atoms with E-state index in [1.165, 1.54) is 42.5 Å². The highest BCUT2D eigenvalue weighted by Crippen LogP contribution is 2.31. The highest BCUT2D eigenvalue weighted by atomic mass is 35.5. The summed E-state index contributed by atoms with van der Waals surface area (Å²) in [6.07, 6.45) is 0.502. The van der Waals surface area contributed by atoms with Gasteiger partial charge in [-0.05, 0) is 49.7 Å². The van der Waals surface area contributed by atoms with E-state index in [9.17, 15) is 27.2 Å². The van der Waals surface area contributed by atoms with E-state index >= 15 is 0 Å². The molecule has 0 aliphatic carbocycles. The van der Waals surface area contributed by atoms with E-state index in [0.717, 1.165) is 17.0 Å². The van der Waals surface area contributed by atoms with Gasteiger partial charge in [-0.2, -0.15) is 0 Å². The van der Waals surface area contributed by atoms with Gasteiger partial charge in [0.05, 0.1) is 11.4 Å². The minimum atomic E-state index is -1.30. The van der Waals surface area contributed by atoms with Gasteiger partial charge in [0.2, 0.25) is 6.41 Å². The molecule has 10 heteroatoms. The van der Waals surface area contributed by atoms with Crippen molar-refractivity contribution in [3.63, 3.8) is 0 Å². The molecule has 0 heterocycles. The quantitative estimate of drug-likeness (QED) is 0.293. The fourth-order valence-electron chi connectivity index (χ4n) is 3.26. The molecule has 34 heavy (non-hydrogen) atoms. The minimum absolute atomic E-state index is 0.0599. The Labute approximate surface area is 198 Å². The summed E-state index contributed by atoms with van der Waals surface area (Å²) < 4.78 is 57.2. The molecule has 0 radical (unpaired) electrons. The number of urea groups is 1. The smallest absolute Gasteiger partial charge is 0.319 e. The van der Waals surface area contributed by atoms with Gasteiger partial charge < -0.3 is 15.5 Å². The molecule has 0 aliphatic heterocycles. The molecule has 1 atom stereocenters. The maximum atomic E-state index is 14.7. The van der Waals surface area contributed by atoms with Crippen LogP contribution < -0.4 is 15.5 Å². The van der Waals surface area contributed by atoms with E-state index < -0.39 is 35.3 Å². The Morgan fingerprint density at radius 2 is 1.74 bits per heavy atom. The highest BCUT2D eigenvalue weighted by molar-refractivity contribution is 6.30. The Kier molecular flexibility index (Phi) is 8.12. The van der Waals surface area contributed by atoms with Gasteiger partial charge in [-0.1, -0.05) is 29.8 Å². The number of hydrogen-bond donors (Lipinski definition) is 2. The number of nitrogens with one attached hydrogen (secondary N) is 2. The number of benzene rings is 3. The number of halogens is 5. The van der Waals surface area contributed by atoms with Crippen LogP contribution >= 0.6 is 11.6 Å². The molecular formula is C24H20ClF4N3O2. The normalized spacial score (nSPS) is 11.6. The van der Waals surface area contributed by atoms with Gasteiger partial charge in [0.25, 0.3) is 0 Å². The van der Waals surface area contributed by atoms with E-state index in [2.05, 4.69) is 10.6 Å². The molecule has 0 aliphatic rings. The van der Waals surface area contributed by atoms with Gasteiger partial charge in [-0.3, -0.25) is 4.79 Å². The zero-order chi connectivity index (χ0) is 24.8. The number of rotatable bonds is 8. The van der Waals surface area contributed by atoms with Gasteiger partial charge in [0.1, 0.15) is 11.6 Å². The first-order chi connectivity index (χ1) is 16.2. The van der Waals surface area contributed by atoms with Crippen LogP contribution in [-0.2, 0) is 4.79 Å². The van der Waals surface area contributed by atoms with Crippen LogP contribution in [0.2, 0.25) is 5.02 Å². The summed E-state index contributed by atoms with van der Waals surface area (Å²) >= 11 is 5.67. The van der Waals surface area contributed by atoms with Gasteiger partial charge in [0, 0.05) is 28.7 Å². The van der Waals surface area contributed by atoms with Crippen molar-refractivity contribution in [2.45, 2.75) is 19.4 Å².